The first-order valence-electron chi connectivity index (χ1n) is 8.40. The summed E-state index contributed by atoms with van der Waals surface area (Å²) in [4.78, 5) is 12.0. The topological polar surface area (TPSA) is 73.6 Å². The van der Waals surface area contributed by atoms with Gasteiger partial charge in [0.1, 0.15) is 6.61 Å². The normalized spacial score (nSPS) is 16.8. The van der Waals surface area contributed by atoms with Crippen LogP contribution in [0, 0.1) is 5.92 Å². The van der Waals surface area contributed by atoms with Gasteiger partial charge in [-0.25, -0.2) is 0 Å². The zero-order valence-corrected chi connectivity index (χ0v) is 17.3. The van der Waals surface area contributed by atoms with Crippen LogP contribution >= 0.6 is 31.9 Å². The number of aromatic nitrogens is 1. The Hall–Kier alpha value is -1.22. The lowest BCUT2D eigenvalue weighted by molar-refractivity contribution is -0.120. The molecule has 1 aromatic carbocycles. The number of halogens is 2. The summed E-state index contributed by atoms with van der Waals surface area (Å²) in [5, 5.41) is 6.85. The van der Waals surface area contributed by atoms with E-state index in [9.17, 15) is 4.79 Å². The summed E-state index contributed by atoms with van der Waals surface area (Å²) >= 11 is 6.90. The zero-order chi connectivity index (χ0) is 18.4. The molecule has 1 fully saturated rings. The van der Waals surface area contributed by atoms with Crippen LogP contribution in [0.3, 0.4) is 0 Å². The molecule has 0 saturated carbocycles. The molecule has 6 nitrogen and oxygen atoms in total. The second kappa shape index (κ2) is 9.64. The number of amides is 1. The Morgan fingerprint density at radius 3 is 2.77 bits per heavy atom. The average Bonchev–Trinajstić information content (AvgIpc) is 3.24. The van der Waals surface area contributed by atoms with E-state index < -0.39 is 0 Å². The fraction of sp³-hybridized carbons (Fsp3) is 0.444. The highest BCUT2D eigenvalue weighted by Crippen LogP contribution is 2.21. The summed E-state index contributed by atoms with van der Waals surface area (Å²) in [6.45, 7) is 2.91. The molecule has 3 rings (SSSR count). The first-order chi connectivity index (χ1) is 12.6. The highest BCUT2D eigenvalue weighted by molar-refractivity contribution is 9.11. The molecule has 1 aromatic heterocycles. The van der Waals surface area contributed by atoms with E-state index in [1.807, 2.05) is 18.2 Å². The van der Waals surface area contributed by atoms with Crippen molar-refractivity contribution in [3.05, 3.63) is 50.2 Å². The maximum Gasteiger partial charge on any atom is 0.226 e. The first kappa shape index (κ1) is 19.5. The number of hydrogen-bond acceptors (Lipinski definition) is 5. The number of nitrogens with zero attached hydrogens (tertiary/aromatic N) is 1. The first-order valence-corrected chi connectivity index (χ1v) is 9.99. The van der Waals surface area contributed by atoms with Crippen molar-refractivity contribution in [2.24, 2.45) is 5.92 Å². The molecule has 1 amide bonds. The van der Waals surface area contributed by atoms with Gasteiger partial charge in [0.2, 0.25) is 5.91 Å². The number of rotatable bonds is 8. The second-order valence-electron chi connectivity index (χ2n) is 6.27. The molecule has 1 aliphatic heterocycles. The van der Waals surface area contributed by atoms with Crippen LogP contribution in [0.5, 0.6) is 0 Å². The molecule has 0 spiro atoms. The molecule has 1 aliphatic rings. The fourth-order valence-corrected chi connectivity index (χ4v) is 4.09. The number of carbonyl (C=O) groups is 1. The van der Waals surface area contributed by atoms with Crippen molar-refractivity contribution in [3.8, 4) is 0 Å². The monoisotopic (exact) mass is 486 g/mol. The predicted molar refractivity (Wildman–Crippen MR) is 102 cm³/mol. The van der Waals surface area contributed by atoms with E-state index >= 15 is 0 Å². The van der Waals surface area contributed by atoms with Gasteiger partial charge in [0.05, 0.1) is 25.3 Å². The Balaban J connectivity index is 1.40. The molecule has 2 heterocycles. The molecule has 1 atom stereocenters. The van der Waals surface area contributed by atoms with Crippen molar-refractivity contribution in [2.75, 3.05) is 19.8 Å². The van der Waals surface area contributed by atoms with E-state index in [2.05, 4.69) is 42.3 Å². The SMILES string of the molecule is O=C(Cc1cc(COCc2cc(Br)cc(Br)c2)on1)NCC1CCOC1. The van der Waals surface area contributed by atoms with Crippen molar-refractivity contribution >= 4 is 37.8 Å². The molecule has 140 valence electrons. The Morgan fingerprint density at radius 1 is 1.23 bits per heavy atom. The third kappa shape index (κ3) is 6.19. The summed E-state index contributed by atoms with van der Waals surface area (Å²) < 4.78 is 18.2. The fourth-order valence-electron chi connectivity index (χ4n) is 2.70. The molecule has 1 unspecified atom stereocenters. The van der Waals surface area contributed by atoms with E-state index in [0.717, 1.165) is 34.1 Å². The number of ether oxygens (including phenoxy) is 2. The van der Waals surface area contributed by atoms with E-state index in [1.54, 1.807) is 6.07 Å². The van der Waals surface area contributed by atoms with Crippen LogP contribution in [0.25, 0.3) is 0 Å². The molecule has 1 saturated heterocycles. The van der Waals surface area contributed by atoms with Gasteiger partial charge in [-0.3, -0.25) is 4.79 Å². The lowest BCUT2D eigenvalue weighted by Crippen LogP contribution is -2.30. The highest BCUT2D eigenvalue weighted by atomic mass is 79.9. The minimum absolute atomic E-state index is 0.0587. The number of nitrogens with one attached hydrogen (secondary N) is 1. The third-order valence-electron chi connectivity index (χ3n) is 4.00. The maximum atomic E-state index is 12.0. The zero-order valence-electron chi connectivity index (χ0n) is 14.2. The molecule has 0 aliphatic carbocycles. The van der Waals surface area contributed by atoms with Crippen LogP contribution in [-0.4, -0.2) is 30.8 Å². The summed E-state index contributed by atoms with van der Waals surface area (Å²) in [6, 6.07) is 7.72. The van der Waals surface area contributed by atoms with Gasteiger partial charge >= 0.3 is 0 Å². The van der Waals surface area contributed by atoms with Crippen LogP contribution in [-0.2, 0) is 33.9 Å². The minimum atomic E-state index is -0.0587. The molecule has 1 N–H and O–H groups in total. The number of carbonyl (C=O) groups excluding carboxylic acids is 1. The Kier molecular flexibility index (Phi) is 7.24. The third-order valence-corrected chi connectivity index (χ3v) is 4.91. The van der Waals surface area contributed by atoms with Crippen LogP contribution in [0.1, 0.15) is 23.4 Å². The smallest absolute Gasteiger partial charge is 0.226 e. The van der Waals surface area contributed by atoms with Gasteiger partial charge in [-0.1, -0.05) is 37.0 Å². The van der Waals surface area contributed by atoms with Crippen molar-refractivity contribution in [3.63, 3.8) is 0 Å². The van der Waals surface area contributed by atoms with Crippen LogP contribution < -0.4 is 5.32 Å². The number of benzene rings is 1. The summed E-state index contributed by atoms with van der Waals surface area (Å²) in [6.07, 6.45) is 1.20. The van der Waals surface area contributed by atoms with Gasteiger partial charge in [-0.2, -0.15) is 0 Å². The van der Waals surface area contributed by atoms with Crippen molar-refractivity contribution in [1.82, 2.24) is 10.5 Å². The van der Waals surface area contributed by atoms with Crippen LogP contribution in [0.4, 0.5) is 0 Å². The number of hydrogen-bond donors (Lipinski definition) is 1. The Labute approximate surface area is 168 Å². The lowest BCUT2D eigenvalue weighted by Gasteiger charge is -2.08. The van der Waals surface area contributed by atoms with Crippen LogP contribution in [0.2, 0.25) is 0 Å². The van der Waals surface area contributed by atoms with Gasteiger partial charge in [0.25, 0.3) is 0 Å². The summed E-state index contributed by atoms with van der Waals surface area (Å²) in [7, 11) is 0. The maximum absolute atomic E-state index is 12.0. The van der Waals surface area contributed by atoms with Crippen molar-refractivity contribution in [2.45, 2.75) is 26.1 Å². The molecule has 2 aromatic rings. The standard InChI is InChI=1S/C18H20Br2N2O4/c19-14-3-13(4-15(20)5-14)10-25-11-17-6-16(22-26-17)7-18(23)21-8-12-1-2-24-9-12/h3-6,12H,1-2,7-11H2,(H,21,23). The van der Waals surface area contributed by atoms with Gasteiger partial charge < -0.3 is 19.3 Å². The molecule has 0 bridgehead atoms. The van der Waals surface area contributed by atoms with Gasteiger partial charge in [-0.05, 0) is 30.2 Å². The predicted octanol–water partition coefficient (Wildman–Crippen LogP) is 3.61. The van der Waals surface area contributed by atoms with E-state index in [4.69, 9.17) is 14.0 Å². The molecule has 0 radical (unpaired) electrons. The van der Waals surface area contributed by atoms with Crippen molar-refractivity contribution < 1.29 is 18.8 Å². The summed E-state index contributed by atoms with van der Waals surface area (Å²) in [5.74, 6) is 0.959. The van der Waals surface area contributed by atoms with Crippen LogP contribution in [0.15, 0.2) is 37.7 Å². The van der Waals surface area contributed by atoms with E-state index in [0.29, 0.717) is 37.1 Å². The van der Waals surface area contributed by atoms with Gasteiger partial charge in [0, 0.05) is 34.1 Å². The Bertz CT molecular complexity index is 724. The Morgan fingerprint density at radius 2 is 2.04 bits per heavy atom. The van der Waals surface area contributed by atoms with Gasteiger partial charge in [0.15, 0.2) is 5.76 Å². The molecule has 26 heavy (non-hydrogen) atoms. The second-order valence-corrected chi connectivity index (χ2v) is 8.10. The molecular weight excluding hydrogens is 468 g/mol. The quantitative estimate of drug-likeness (QED) is 0.615. The van der Waals surface area contributed by atoms with E-state index in [-0.39, 0.29) is 12.3 Å². The van der Waals surface area contributed by atoms with Gasteiger partial charge in [-0.15, -0.1) is 0 Å². The van der Waals surface area contributed by atoms with Crippen molar-refractivity contribution in [1.29, 1.82) is 0 Å². The molecular formula is C18H20Br2N2O4. The summed E-state index contributed by atoms with van der Waals surface area (Å²) in [5.41, 5.74) is 1.65. The molecule has 8 heteroatoms. The average molecular weight is 488 g/mol. The lowest BCUT2D eigenvalue weighted by atomic mass is 10.1. The largest absolute Gasteiger partial charge is 0.381 e. The highest BCUT2D eigenvalue weighted by Gasteiger charge is 2.17. The van der Waals surface area contributed by atoms with E-state index in [1.165, 1.54) is 0 Å². The minimum Gasteiger partial charge on any atom is -0.381 e.